The third kappa shape index (κ3) is 3.30. The SMILES string of the molecule is O=C(O)CC(C(=O)O)c1ccc(C(=O)O)cc1. The molecule has 0 heterocycles. The highest BCUT2D eigenvalue weighted by molar-refractivity contribution is 5.88. The molecule has 1 aromatic rings. The Labute approximate surface area is 96.1 Å². The third-order valence-corrected chi connectivity index (χ3v) is 2.24. The van der Waals surface area contributed by atoms with Crippen LogP contribution in [0.4, 0.5) is 0 Å². The maximum Gasteiger partial charge on any atom is 0.335 e. The van der Waals surface area contributed by atoms with Crippen LogP contribution in [-0.4, -0.2) is 33.2 Å². The largest absolute Gasteiger partial charge is 0.481 e. The lowest BCUT2D eigenvalue weighted by atomic mass is 9.95. The van der Waals surface area contributed by atoms with Gasteiger partial charge in [-0.05, 0) is 17.7 Å². The quantitative estimate of drug-likeness (QED) is 0.706. The average molecular weight is 238 g/mol. The molecule has 6 heteroatoms. The highest BCUT2D eigenvalue weighted by atomic mass is 16.4. The van der Waals surface area contributed by atoms with Crippen LogP contribution < -0.4 is 0 Å². The maximum atomic E-state index is 10.9. The lowest BCUT2D eigenvalue weighted by molar-refractivity contribution is -0.145. The van der Waals surface area contributed by atoms with Crippen LogP contribution in [0.5, 0.6) is 0 Å². The zero-order chi connectivity index (χ0) is 13.0. The number of benzene rings is 1. The molecule has 0 saturated heterocycles. The monoisotopic (exact) mass is 238 g/mol. The fraction of sp³-hybridized carbons (Fsp3) is 0.182. The minimum Gasteiger partial charge on any atom is -0.481 e. The summed E-state index contributed by atoms with van der Waals surface area (Å²) in [5.74, 6) is -4.77. The Hall–Kier alpha value is -2.37. The molecule has 6 nitrogen and oxygen atoms in total. The highest BCUT2D eigenvalue weighted by Crippen LogP contribution is 2.20. The van der Waals surface area contributed by atoms with Gasteiger partial charge in [-0.3, -0.25) is 9.59 Å². The van der Waals surface area contributed by atoms with Gasteiger partial charge in [0.15, 0.2) is 0 Å². The van der Waals surface area contributed by atoms with Crippen molar-refractivity contribution in [1.29, 1.82) is 0 Å². The van der Waals surface area contributed by atoms with Crippen LogP contribution in [0.3, 0.4) is 0 Å². The molecule has 0 aliphatic carbocycles. The Kier molecular flexibility index (Phi) is 3.82. The second-order valence-electron chi connectivity index (χ2n) is 3.42. The molecule has 90 valence electrons. The molecule has 0 radical (unpaired) electrons. The molecule has 0 amide bonds. The van der Waals surface area contributed by atoms with Crippen molar-refractivity contribution in [2.75, 3.05) is 0 Å². The summed E-state index contributed by atoms with van der Waals surface area (Å²) in [6.07, 6.45) is -0.540. The molecule has 0 bridgehead atoms. The Morgan fingerprint density at radius 3 is 1.88 bits per heavy atom. The van der Waals surface area contributed by atoms with Gasteiger partial charge in [-0.25, -0.2) is 4.79 Å². The second-order valence-corrected chi connectivity index (χ2v) is 3.42. The summed E-state index contributed by atoms with van der Waals surface area (Å²) in [6, 6.07) is 5.11. The van der Waals surface area contributed by atoms with E-state index in [2.05, 4.69) is 0 Å². The van der Waals surface area contributed by atoms with Gasteiger partial charge < -0.3 is 15.3 Å². The van der Waals surface area contributed by atoms with E-state index in [-0.39, 0.29) is 11.1 Å². The molecular weight excluding hydrogens is 228 g/mol. The van der Waals surface area contributed by atoms with Crippen molar-refractivity contribution < 1.29 is 29.7 Å². The lowest BCUT2D eigenvalue weighted by Crippen LogP contribution is -2.16. The predicted molar refractivity (Wildman–Crippen MR) is 56.0 cm³/mol. The van der Waals surface area contributed by atoms with E-state index in [1.807, 2.05) is 0 Å². The molecule has 0 aliphatic rings. The van der Waals surface area contributed by atoms with Crippen molar-refractivity contribution in [2.24, 2.45) is 0 Å². The smallest absolute Gasteiger partial charge is 0.335 e. The molecular formula is C11H10O6. The number of carbonyl (C=O) groups is 3. The van der Waals surface area contributed by atoms with E-state index in [1.54, 1.807) is 0 Å². The minimum atomic E-state index is -1.25. The number of carboxylic acid groups (broad SMARTS) is 3. The summed E-state index contributed by atoms with van der Waals surface area (Å²) in [7, 11) is 0. The number of carboxylic acids is 3. The van der Waals surface area contributed by atoms with Crippen molar-refractivity contribution in [3.8, 4) is 0 Å². The van der Waals surface area contributed by atoms with Crippen LogP contribution in [0.2, 0.25) is 0 Å². The lowest BCUT2D eigenvalue weighted by Gasteiger charge is -2.10. The summed E-state index contributed by atoms with van der Waals surface area (Å²) >= 11 is 0. The first-order valence-electron chi connectivity index (χ1n) is 4.69. The van der Waals surface area contributed by atoms with Crippen LogP contribution in [0, 0.1) is 0 Å². The number of rotatable bonds is 5. The van der Waals surface area contributed by atoms with Crippen molar-refractivity contribution in [3.05, 3.63) is 35.4 Å². The normalized spacial score (nSPS) is 11.8. The summed E-state index contributed by atoms with van der Waals surface area (Å²) in [5, 5.41) is 26.1. The molecule has 0 fully saturated rings. The topological polar surface area (TPSA) is 112 Å². The van der Waals surface area contributed by atoms with Gasteiger partial charge in [0, 0.05) is 0 Å². The first kappa shape index (κ1) is 12.7. The van der Waals surface area contributed by atoms with E-state index in [0.29, 0.717) is 0 Å². The zero-order valence-corrected chi connectivity index (χ0v) is 8.66. The van der Waals surface area contributed by atoms with Gasteiger partial charge >= 0.3 is 17.9 Å². The van der Waals surface area contributed by atoms with E-state index < -0.39 is 30.2 Å². The van der Waals surface area contributed by atoms with Crippen molar-refractivity contribution in [2.45, 2.75) is 12.3 Å². The van der Waals surface area contributed by atoms with Crippen molar-refractivity contribution in [3.63, 3.8) is 0 Å². The van der Waals surface area contributed by atoms with Crippen LogP contribution in [0.1, 0.15) is 28.3 Å². The summed E-state index contributed by atoms with van der Waals surface area (Å²) in [4.78, 5) is 32.0. The number of hydrogen-bond donors (Lipinski definition) is 3. The van der Waals surface area contributed by atoms with Crippen molar-refractivity contribution in [1.82, 2.24) is 0 Å². The summed E-state index contributed by atoms with van der Waals surface area (Å²) in [5.41, 5.74) is 0.290. The molecule has 0 spiro atoms. The molecule has 1 atom stereocenters. The Morgan fingerprint density at radius 1 is 1.00 bits per heavy atom. The Morgan fingerprint density at radius 2 is 1.53 bits per heavy atom. The first-order chi connectivity index (χ1) is 7.91. The van der Waals surface area contributed by atoms with Gasteiger partial charge in [0.1, 0.15) is 0 Å². The minimum absolute atomic E-state index is 0.0215. The Bertz CT molecular complexity index is 448. The Balaban J connectivity index is 2.99. The summed E-state index contributed by atoms with van der Waals surface area (Å²) < 4.78 is 0. The van der Waals surface area contributed by atoms with Crippen LogP contribution >= 0.6 is 0 Å². The van der Waals surface area contributed by atoms with Gasteiger partial charge in [-0.15, -0.1) is 0 Å². The van der Waals surface area contributed by atoms with Gasteiger partial charge in [0.25, 0.3) is 0 Å². The first-order valence-corrected chi connectivity index (χ1v) is 4.69. The zero-order valence-electron chi connectivity index (χ0n) is 8.66. The van der Waals surface area contributed by atoms with E-state index in [1.165, 1.54) is 24.3 Å². The van der Waals surface area contributed by atoms with Crippen molar-refractivity contribution >= 4 is 17.9 Å². The van der Waals surface area contributed by atoms with E-state index in [0.717, 1.165) is 0 Å². The van der Waals surface area contributed by atoms with Crippen LogP contribution in [0.25, 0.3) is 0 Å². The second kappa shape index (κ2) is 5.11. The van der Waals surface area contributed by atoms with E-state index >= 15 is 0 Å². The number of hydrogen-bond acceptors (Lipinski definition) is 3. The fourth-order valence-electron chi connectivity index (χ4n) is 1.38. The van der Waals surface area contributed by atoms with Gasteiger partial charge in [-0.2, -0.15) is 0 Å². The van der Waals surface area contributed by atoms with Crippen LogP contribution in [0.15, 0.2) is 24.3 Å². The molecule has 1 aromatic carbocycles. The number of aliphatic carboxylic acids is 2. The standard InChI is InChI=1S/C11H10O6/c12-9(13)5-8(11(16)17)6-1-3-7(4-2-6)10(14)15/h1-4,8H,5H2,(H,12,13)(H,14,15)(H,16,17). The summed E-state index contributed by atoms with van der Waals surface area (Å²) in [6.45, 7) is 0. The molecule has 0 aromatic heterocycles. The molecule has 17 heavy (non-hydrogen) atoms. The fourth-order valence-corrected chi connectivity index (χ4v) is 1.38. The van der Waals surface area contributed by atoms with Crippen LogP contribution in [-0.2, 0) is 9.59 Å². The molecule has 1 rings (SSSR count). The maximum absolute atomic E-state index is 10.9. The average Bonchev–Trinajstić information content (AvgIpc) is 2.25. The molecule has 0 saturated carbocycles. The van der Waals surface area contributed by atoms with E-state index in [9.17, 15) is 14.4 Å². The number of aromatic carboxylic acids is 1. The van der Waals surface area contributed by atoms with Gasteiger partial charge in [-0.1, -0.05) is 12.1 Å². The van der Waals surface area contributed by atoms with E-state index in [4.69, 9.17) is 15.3 Å². The molecule has 1 unspecified atom stereocenters. The predicted octanol–water partition coefficient (Wildman–Crippen LogP) is 1.03. The molecule has 3 N–H and O–H groups in total. The van der Waals surface area contributed by atoms with Gasteiger partial charge in [0.05, 0.1) is 17.9 Å². The highest BCUT2D eigenvalue weighted by Gasteiger charge is 2.23. The van der Waals surface area contributed by atoms with Gasteiger partial charge in [0.2, 0.25) is 0 Å². The molecule has 0 aliphatic heterocycles. The third-order valence-electron chi connectivity index (χ3n) is 2.24.